The van der Waals surface area contributed by atoms with E-state index in [2.05, 4.69) is 15.3 Å². The van der Waals surface area contributed by atoms with E-state index < -0.39 is 11.2 Å². The number of thioether (sulfide) groups is 1. The third-order valence-corrected chi connectivity index (χ3v) is 6.03. The molecule has 0 aliphatic carbocycles. The molecule has 0 fully saturated rings. The van der Waals surface area contributed by atoms with Gasteiger partial charge in [0.1, 0.15) is 10.4 Å². The second kappa shape index (κ2) is 8.80. The Labute approximate surface area is 188 Å². The number of anilines is 1. The molecule has 2 aromatic carbocycles. The van der Waals surface area contributed by atoms with E-state index in [-0.39, 0.29) is 22.7 Å². The summed E-state index contributed by atoms with van der Waals surface area (Å²) in [7, 11) is 2.97. The van der Waals surface area contributed by atoms with Crippen molar-refractivity contribution in [2.45, 2.75) is 11.9 Å². The number of benzene rings is 2. The number of carbonyl (C=O) groups excluding carboxylic acids is 1. The Bertz CT molecular complexity index is 1440. The van der Waals surface area contributed by atoms with Crippen LogP contribution in [0, 0.1) is 6.92 Å². The van der Waals surface area contributed by atoms with Crippen LogP contribution in [0.1, 0.15) is 5.56 Å². The number of rotatable bonds is 5. The van der Waals surface area contributed by atoms with Crippen molar-refractivity contribution in [2.24, 2.45) is 14.1 Å². The van der Waals surface area contributed by atoms with Crippen LogP contribution in [0.3, 0.4) is 0 Å². The lowest BCUT2D eigenvalue weighted by atomic mass is 10.2. The number of aromatic nitrogens is 4. The zero-order valence-electron chi connectivity index (χ0n) is 17.8. The molecule has 0 unspecified atom stereocenters. The molecule has 0 radical (unpaired) electrons. The Kier molecular flexibility index (Phi) is 5.91. The van der Waals surface area contributed by atoms with Gasteiger partial charge in [0.05, 0.1) is 5.75 Å². The molecule has 0 aliphatic rings. The molecule has 0 saturated heterocycles. The summed E-state index contributed by atoms with van der Waals surface area (Å²) in [5.74, 6) is 0.197. The van der Waals surface area contributed by atoms with Gasteiger partial charge in [0.25, 0.3) is 5.56 Å². The van der Waals surface area contributed by atoms with Crippen LogP contribution in [0.25, 0.3) is 22.4 Å². The van der Waals surface area contributed by atoms with Crippen LogP contribution in [-0.2, 0) is 18.9 Å². The van der Waals surface area contributed by atoms with Gasteiger partial charge in [-0.1, -0.05) is 60.3 Å². The van der Waals surface area contributed by atoms with Crippen molar-refractivity contribution >= 4 is 34.4 Å². The fraction of sp³-hybridized carbons (Fsp3) is 0.174. The standard InChI is InChI=1S/C23H21N5O3S/c1-14-9-7-8-12-16(14)24-17(29)13-32-21-18-20(27(2)23(31)28(3)22(18)30)25-19(26-21)15-10-5-4-6-11-15/h4-12H,13H2,1-3H3,(H,24,29). The Morgan fingerprint density at radius 2 is 1.66 bits per heavy atom. The third kappa shape index (κ3) is 4.06. The topological polar surface area (TPSA) is 98.9 Å². The molecule has 0 bridgehead atoms. The molecule has 9 heteroatoms. The van der Waals surface area contributed by atoms with Crippen molar-refractivity contribution in [3.63, 3.8) is 0 Å². The van der Waals surface area contributed by atoms with Crippen LogP contribution in [0.15, 0.2) is 69.2 Å². The quantitative estimate of drug-likeness (QED) is 0.373. The first-order valence-electron chi connectivity index (χ1n) is 9.88. The first-order chi connectivity index (χ1) is 15.4. The summed E-state index contributed by atoms with van der Waals surface area (Å²) in [6.07, 6.45) is 0. The minimum atomic E-state index is -0.496. The molecule has 0 atom stereocenters. The number of aryl methyl sites for hydroxylation is 2. The first kappa shape index (κ1) is 21.5. The van der Waals surface area contributed by atoms with Crippen LogP contribution in [-0.4, -0.2) is 30.8 Å². The maximum absolute atomic E-state index is 12.9. The number of amides is 1. The van der Waals surface area contributed by atoms with Crippen molar-refractivity contribution in [3.8, 4) is 11.4 Å². The van der Waals surface area contributed by atoms with Crippen molar-refractivity contribution in [2.75, 3.05) is 11.1 Å². The average Bonchev–Trinajstić information content (AvgIpc) is 2.81. The number of hydrogen-bond acceptors (Lipinski definition) is 6. The fourth-order valence-corrected chi connectivity index (χ4v) is 4.10. The molecule has 32 heavy (non-hydrogen) atoms. The van der Waals surface area contributed by atoms with E-state index in [1.165, 1.54) is 11.6 Å². The summed E-state index contributed by atoms with van der Waals surface area (Å²) >= 11 is 1.14. The molecule has 1 amide bonds. The number of fused-ring (bicyclic) bond motifs is 1. The summed E-state index contributed by atoms with van der Waals surface area (Å²) < 4.78 is 2.34. The highest BCUT2D eigenvalue weighted by Gasteiger charge is 2.19. The predicted molar refractivity (Wildman–Crippen MR) is 126 cm³/mol. The van der Waals surface area contributed by atoms with E-state index in [9.17, 15) is 14.4 Å². The second-order valence-corrected chi connectivity index (χ2v) is 8.24. The lowest BCUT2D eigenvalue weighted by molar-refractivity contribution is -0.113. The molecule has 4 rings (SSSR count). The summed E-state index contributed by atoms with van der Waals surface area (Å²) in [5, 5.41) is 3.44. The smallest absolute Gasteiger partial charge is 0.325 e. The number of nitrogens with one attached hydrogen (secondary N) is 1. The molecule has 4 aromatic rings. The summed E-state index contributed by atoms with van der Waals surface area (Å²) in [6.45, 7) is 1.91. The van der Waals surface area contributed by atoms with Gasteiger partial charge < -0.3 is 5.32 Å². The molecule has 0 aliphatic heterocycles. The van der Waals surface area contributed by atoms with E-state index in [1.54, 1.807) is 7.05 Å². The highest BCUT2D eigenvalue weighted by molar-refractivity contribution is 8.00. The Balaban J connectivity index is 1.77. The van der Waals surface area contributed by atoms with Crippen molar-refractivity contribution in [3.05, 3.63) is 81.0 Å². The van der Waals surface area contributed by atoms with Crippen molar-refractivity contribution in [1.82, 2.24) is 19.1 Å². The average molecular weight is 448 g/mol. The Hall–Kier alpha value is -3.72. The molecule has 2 aromatic heterocycles. The summed E-state index contributed by atoms with van der Waals surface area (Å²) in [4.78, 5) is 47.0. The number of hydrogen-bond donors (Lipinski definition) is 1. The van der Waals surface area contributed by atoms with Crippen molar-refractivity contribution < 1.29 is 4.79 Å². The highest BCUT2D eigenvalue weighted by Crippen LogP contribution is 2.26. The molecule has 2 heterocycles. The van der Waals surface area contributed by atoms with Gasteiger partial charge in [-0.25, -0.2) is 14.8 Å². The Morgan fingerprint density at radius 1 is 0.969 bits per heavy atom. The van der Waals surface area contributed by atoms with Crippen LogP contribution in [0.4, 0.5) is 5.69 Å². The predicted octanol–water partition coefficient (Wildman–Crippen LogP) is 2.73. The number of carbonyl (C=O) groups is 1. The minimum Gasteiger partial charge on any atom is -0.325 e. The van der Waals surface area contributed by atoms with E-state index in [0.29, 0.717) is 10.9 Å². The van der Waals surface area contributed by atoms with Gasteiger partial charge >= 0.3 is 5.69 Å². The van der Waals surface area contributed by atoms with E-state index in [1.807, 2.05) is 61.5 Å². The lowest BCUT2D eigenvalue weighted by Gasteiger charge is -2.12. The van der Waals surface area contributed by atoms with E-state index in [4.69, 9.17) is 0 Å². The minimum absolute atomic E-state index is 0.0423. The van der Waals surface area contributed by atoms with Crippen LogP contribution in [0.5, 0.6) is 0 Å². The van der Waals surface area contributed by atoms with Crippen LogP contribution >= 0.6 is 11.8 Å². The molecule has 0 saturated carbocycles. The summed E-state index contributed by atoms with van der Waals surface area (Å²) in [6, 6.07) is 16.8. The van der Waals surface area contributed by atoms with Crippen LogP contribution in [0.2, 0.25) is 0 Å². The van der Waals surface area contributed by atoms with Gasteiger partial charge in [-0.15, -0.1) is 0 Å². The second-order valence-electron chi connectivity index (χ2n) is 7.27. The largest absolute Gasteiger partial charge is 0.332 e. The molecule has 162 valence electrons. The monoisotopic (exact) mass is 447 g/mol. The van der Waals surface area contributed by atoms with Gasteiger partial charge in [-0.2, -0.15) is 0 Å². The maximum Gasteiger partial charge on any atom is 0.332 e. The number of para-hydroxylation sites is 1. The van der Waals surface area contributed by atoms with E-state index >= 15 is 0 Å². The van der Waals surface area contributed by atoms with Crippen molar-refractivity contribution in [1.29, 1.82) is 0 Å². The van der Waals surface area contributed by atoms with E-state index in [0.717, 1.165) is 33.1 Å². The third-order valence-electron chi connectivity index (χ3n) is 5.06. The zero-order valence-corrected chi connectivity index (χ0v) is 18.6. The Morgan fingerprint density at radius 3 is 2.38 bits per heavy atom. The lowest BCUT2D eigenvalue weighted by Crippen LogP contribution is -2.37. The maximum atomic E-state index is 12.9. The highest BCUT2D eigenvalue weighted by atomic mass is 32.2. The molecule has 0 spiro atoms. The SMILES string of the molecule is Cc1ccccc1NC(=O)CSc1nc(-c2ccccc2)nc2c1c(=O)n(C)c(=O)n2C. The van der Waals surface area contributed by atoms with Gasteiger partial charge in [-0.3, -0.25) is 18.7 Å². The summed E-state index contributed by atoms with van der Waals surface area (Å²) in [5.41, 5.74) is 1.68. The van der Waals surface area contributed by atoms with Gasteiger partial charge in [0, 0.05) is 25.3 Å². The van der Waals surface area contributed by atoms with Gasteiger partial charge in [-0.05, 0) is 18.6 Å². The van der Waals surface area contributed by atoms with Gasteiger partial charge in [0.2, 0.25) is 5.91 Å². The molecule has 8 nitrogen and oxygen atoms in total. The molecular formula is C23H21N5O3S. The molecule has 1 N–H and O–H groups in total. The normalized spacial score (nSPS) is 11.0. The zero-order chi connectivity index (χ0) is 22.8. The number of nitrogens with zero attached hydrogens (tertiary/aromatic N) is 4. The van der Waals surface area contributed by atoms with Gasteiger partial charge in [0.15, 0.2) is 11.5 Å². The fourth-order valence-electron chi connectivity index (χ4n) is 3.28. The first-order valence-corrected chi connectivity index (χ1v) is 10.9. The van der Waals surface area contributed by atoms with Crippen LogP contribution < -0.4 is 16.6 Å². The molecular weight excluding hydrogens is 426 g/mol.